The molecule has 1 rings (SSSR count). The second kappa shape index (κ2) is 6.45. The second-order valence-electron chi connectivity index (χ2n) is 3.29. The zero-order valence-electron chi connectivity index (χ0n) is 9.02. The number of phenolic OH excluding ortho intramolecular Hbond substituents is 1. The summed E-state index contributed by atoms with van der Waals surface area (Å²) in [5.74, 6) is 0.0857. The van der Waals surface area contributed by atoms with Crippen molar-refractivity contribution < 1.29 is 9.90 Å². The summed E-state index contributed by atoms with van der Waals surface area (Å²) >= 11 is 0. The lowest BCUT2D eigenvalue weighted by molar-refractivity contribution is -0.116. The Balaban J connectivity index is 2.43. The van der Waals surface area contributed by atoms with Gasteiger partial charge in [-0.2, -0.15) is 0 Å². The minimum atomic E-state index is -0.130. The smallest absolute Gasteiger partial charge is 0.244 e. The van der Waals surface area contributed by atoms with Gasteiger partial charge in [0.25, 0.3) is 0 Å². The van der Waals surface area contributed by atoms with Gasteiger partial charge in [0.2, 0.25) is 5.91 Å². The van der Waals surface area contributed by atoms with Gasteiger partial charge in [-0.1, -0.05) is 18.2 Å². The van der Waals surface area contributed by atoms with Gasteiger partial charge in [0.05, 0.1) is 0 Å². The van der Waals surface area contributed by atoms with E-state index in [-0.39, 0.29) is 11.7 Å². The highest BCUT2D eigenvalue weighted by Gasteiger charge is 1.93. The number of hydrogen-bond acceptors (Lipinski definition) is 2. The summed E-state index contributed by atoms with van der Waals surface area (Å²) in [6.45, 7) is 4.17. The number of amides is 1. The molecule has 0 bridgehead atoms. The average molecular weight is 217 g/mol. The first-order valence-electron chi connectivity index (χ1n) is 5.08. The fourth-order valence-electron chi connectivity index (χ4n) is 1.11. The molecule has 0 saturated carbocycles. The molecule has 0 unspecified atom stereocenters. The van der Waals surface area contributed by atoms with Crippen LogP contribution >= 0.6 is 0 Å². The van der Waals surface area contributed by atoms with Gasteiger partial charge in [-0.05, 0) is 30.2 Å². The number of nitrogens with one attached hydrogen (secondary N) is 1. The van der Waals surface area contributed by atoms with Crippen molar-refractivity contribution in [2.75, 3.05) is 6.54 Å². The second-order valence-corrected chi connectivity index (χ2v) is 3.29. The van der Waals surface area contributed by atoms with Crippen molar-refractivity contribution in [2.24, 2.45) is 0 Å². The molecule has 16 heavy (non-hydrogen) atoms. The first-order chi connectivity index (χ1) is 7.72. The highest BCUT2D eigenvalue weighted by Crippen LogP contribution is 2.10. The molecule has 0 fully saturated rings. The third kappa shape index (κ3) is 4.46. The van der Waals surface area contributed by atoms with Crippen LogP contribution < -0.4 is 5.32 Å². The normalized spacial score (nSPS) is 10.2. The summed E-state index contributed by atoms with van der Waals surface area (Å²) in [5.41, 5.74) is 0.872. The Hall–Kier alpha value is -2.03. The van der Waals surface area contributed by atoms with Gasteiger partial charge in [-0.3, -0.25) is 4.79 Å². The van der Waals surface area contributed by atoms with E-state index in [9.17, 15) is 4.79 Å². The van der Waals surface area contributed by atoms with Gasteiger partial charge >= 0.3 is 0 Å². The number of hydrogen-bond donors (Lipinski definition) is 2. The van der Waals surface area contributed by atoms with E-state index in [1.54, 1.807) is 36.4 Å². The van der Waals surface area contributed by atoms with E-state index in [1.807, 2.05) is 0 Å². The van der Waals surface area contributed by atoms with Crippen LogP contribution in [0.15, 0.2) is 43.0 Å². The lowest BCUT2D eigenvalue weighted by atomic mass is 10.2. The van der Waals surface area contributed by atoms with Gasteiger partial charge in [0, 0.05) is 12.6 Å². The quantitative estimate of drug-likeness (QED) is 0.451. The number of carbonyl (C=O) groups is 1. The summed E-state index contributed by atoms with van der Waals surface area (Å²) in [6.07, 6.45) is 5.68. The maximum absolute atomic E-state index is 11.3. The molecule has 0 spiro atoms. The zero-order valence-corrected chi connectivity index (χ0v) is 9.02. The molecular formula is C13H15NO2. The fourth-order valence-corrected chi connectivity index (χ4v) is 1.11. The van der Waals surface area contributed by atoms with Crippen molar-refractivity contribution in [2.45, 2.75) is 6.42 Å². The molecule has 0 saturated heterocycles. The molecule has 0 radical (unpaired) electrons. The van der Waals surface area contributed by atoms with Gasteiger partial charge in [-0.15, -0.1) is 6.58 Å². The molecule has 0 aliphatic rings. The largest absolute Gasteiger partial charge is 0.508 e. The Morgan fingerprint density at radius 1 is 1.38 bits per heavy atom. The topological polar surface area (TPSA) is 49.3 Å². The van der Waals surface area contributed by atoms with Crippen LogP contribution in [0.3, 0.4) is 0 Å². The van der Waals surface area contributed by atoms with Crippen LogP contribution in [0.1, 0.15) is 12.0 Å². The molecule has 0 atom stereocenters. The fraction of sp³-hybridized carbons (Fsp3) is 0.154. The van der Waals surface area contributed by atoms with Crippen molar-refractivity contribution in [3.05, 3.63) is 48.6 Å². The summed E-state index contributed by atoms with van der Waals surface area (Å²) < 4.78 is 0. The SMILES string of the molecule is C=CCCNC(=O)/C=C/c1ccc(O)cc1. The van der Waals surface area contributed by atoms with Gasteiger partial charge in [0.1, 0.15) is 5.75 Å². The molecule has 0 heterocycles. The van der Waals surface area contributed by atoms with Crippen LogP contribution in [0.2, 0.25) is 0 Å². The van der Waals surface area contributed by atoms with E-state index < -0.39 is 0 Å². The number of phenols is 1. The first-order valence-corrected chi connectivity index (χ1v) is 5.08. The molecule has 3 nitrogen and oxygen atoms in total. The molecule has 1 aromatic carbocycles. The molecule has 1 aromatic rings. The zero-order chi connectivity index (χ0) is 11.8. The Bertz CT molecular complexity index is 379. The standard InChI is InChI=1S/C13H15NO2/c1-2-3-10-14-13(16)9-6-11-4-7-12(15)8-5-11/h2,4-9,15H,1,3,10H2,(H,14,16)/b9-6+. The third-order valence-electron chi connectivity index (χ3n) is 1.97. The number of aromatic hydroxyl groups is 1. The highest BCUT2D eigenvalue weighted by molar-refractivity contribution is 5.91. The highest BCUT2D eigenvalue weighted by atomic mass is 16.3. The van der Waals surface area contributed by atoms with Crippen molar-refractivity contribution in [1.82, 2.24) is 5.32 Å². The first kappa shape index (κ1) is 12.0. The summed E-state index contributed by atoms with van der Waals surface area (Å²) in [6, 6.07) is 6.64. The monoisotopic (exact) mass is 217 g/mol. The minimum Gasteiger partial charge on any atom is -0.508 e. The Kier molecular flexibility index (Phi) is 4.86. The maximum atomic E-state index is 11.3. The van der Waals surface area contributed by atoms with Crippen LogP contribution in [0, 0.1) is 0 Å². The molecule has 0 aliphatic heterocycles. The summed E-state index contributed by atoms with van der Waals surface area (Å²) in [7, 11) is 0. The molecule has 1 amide bonds. The van der Waals surface area contributed by atoms with Crippen LogP contribution in [-0.4, -0.2) is 17.6 Å². The van der Waals surface area contributed by atoms with Crippen LogP contribution in [0.25, 0.3) is 6.08 Å². The Labute approximate surface area is 95.1 Å². The maximum Gasteiger partial charge on any atom is 0.244 e. The molecule has 0 aromatic heterocycles. The van der Waals surface area contributed by atoms with E-state index in [1.165, 1.54) is 6.08 Å². The summed E-state index contributed by atoms with van der Waals surface area (Å²) in [5, 5.41) is 11.8. The van der Waals surface area contributed by atoms with E-state index in [0.717, 1.165) is 12.0 Å². The number of rotatable bonds is 5. The number of benzene rings is 1. The predicted molar refractivity (Wildman–Crippen MR) is 65.0 cm³/mol. The van der Waals surface area contributed by atoms with E-state index in [0.29, 0.717) is 6.54 Å². The van der Waals surface area contributed by atoms with Crippen molar-refractivity contribution >= 4 is 12.0 Å². The Morgan fingerprint density at radius 2 is 2.06 bits per heavy atom. The predicted octanol–water partition coefficient (Wildman–Crippen LogP) is 2.10. The van der Waals surface area contributed by atoms with E-state index in [4.69, 9.17) is 5.11 Å². The molecule has 2 N–H and O–H groups in total. The van der Waals surface area contributed by atoms with Crippen molar-refractivity contribution in [3.8, 4) is 5.75 Å². The van der Waals surface area contributed by atoms with Crippen LogP contribution in [0.5, 0.6) is 5.75 Å². The van der Waals surface area contributed by atoms with Gasteiger partial charge < -0.3 is 10.4 Å². The minimum absolute atomic E-state index is 0.130. The molecule has 84 valence electrons. The molecular weight excluding hydrogens is 202 g/mol. The lowest BCUT2D eigenvalue weighted by Gasteiger charge is -1.98. The van der Waals surface area contributed by atoms with Gasteiger partial charge in [0.15, 0.2) is 0 Å². The summed E-state index contributed by atoms with van der Waals surface area (Å²) in [4.78, 5) is 11.3. The third-order valence-corrected chi connectivity index (χ3v) is 1.97. The number of carbonyl (C=O) groups excluding carboxylic acids is 1. The van der Waals surface area contributed by atoms with E-state index in [2.05, 4.69) is 11.9 Å². The van der Waals surface area contributed by atoms with Crippen molar-refractivity contribution in [3.63, 3.8) is 0 Å². The van der Waals surface area contributed by atoms with E-state index >= 15 is 0 Å². The Morgan fingerprint density at radius 3 is 2.69 bits per heavy atom. The molecule has 0 aliphatic carbocycles. The van der Waals surface area contributed by atoms with Crippen LogP contribution in [0.4, 0.5) is 0 Å². The van der Waals surface area contributed by atoms with Crippen LogP contribution in [-0.2, 0) is 4.79 Å². The van der Waals surface area contributed by atoms with Crippen molar-refractivity contribution in [1.29, 1.82) is 0 Å². The van der Waals surface area contributed by atoms with Gasteiger partial charge in [-0.25, -0.2) is 0 Å². The lowest BCUT2D eigenvalue weighted by Crippen LogP contribution is -2.21. The molecule has 3 heteroatoms. The average Bonchev–Trinajstić information content (AvgIpc) is 2.29.